The Bertz CT molecular complexity index is 1240. The smallest absolute Gasteiger partial charge is 0.338 e. The summed E-state index contributed by atoms with van der Waals surface area (Å²) in [6, 6.07) is 19.2. The minimum atomic E-state index is -0.779. The summed E-state index contributed by atoms with van der Waals surface area (Å²) >= 11 is 0. The van der Waals surface area contributed by atoms with Gasteiger partial charge in [-0.15, -0.1) is 0 Å². The van der Waals surface area contributed by atoms with E-state index < -0.39 is 30.3 Å². The summed E-state index contributed by atoms with van der Waals surface area (Å²) in [5.74, 6) is -2.52. The number of fused-ring (bicyclic) bond motifs is 1. The number of benzene rings is 3. The molecule has 1 aliphatic rings. The first-order valence-corrected chi connectivity index (χ1v) is 10.6. The minimum Gasteiger partial charge on any atom is -0.452 e. The maximum Gasteiger partial charge on any atom is 0.338 e. The maximum absolute atomic E-state index is 12.9. The Hall–Kier alpha value is -4.33. The van der Waals surface area contributed by atoms with Gasteiger partial charge < -0.3 is 10.1 Å². The van der Waals surface area contributed by atoms with E-state index in [-0.39, 0.29) is 29.1 Å². The van der Waals surface area contributed by atoms with Crippen molar-refractivity contribution in [3.63, 3.8) is 0 Å². The summed E-state index contributed by atoms with van der Waals surface area (Å²) in [6.07, 6.45) is 0.500. The monoisotopic (exact) mass is 460 g/mol. The van der Waals surface area contributed by atoms with Crippen LogP contribution in [0.5, 0.6) is 0 Å². The predicted molar refractivity (Wildman–Crippen MR) is 120 cm³/mol. The number of nitrogens with one attached hydrogen (secondary N) is 1. The molecule has 1 heterocycles. The van der Waals surface area contributed by atoms with Gasteiger partial charge in [0.2, 0.25) is 0 Å². The van der Waals surface area contributed by atoms with Crippen molar-refractivity contribution in [3.8, 4) is 0 Å². The molecule has 7 nitrogen and oxygen atoms in total. The zero-order valence-electron chi connectivity index (χ0n) is 18.1. The molecule has 0 aliphatic carbocycles. The van der Waals surface area contributed by atoms with E-state index in [4.69, 9.17) is 4.74 Å². The van der Waals surface area contributed by atoms with E-state index >= 15 is 0 Å². The molecular weight excluding hydrogens is 439 g/mol. The Balaban J connectivity index is 1.31. The second-order valence-corrected chi connectivity index (χ2v) is 7.74. The lowest BCUT2D eigenvalue weighted by Crippen LogP contribution is -2.30. The molecule has 0 radical (unpaired) electrons. The van der Waals surface area contributed by atoms with Gasteiger partial charge in [-0.05, 0) is 47.9 Å². The van der Waals surface area contributed by atoms with Crippen LogP contribution in [0.25, 0.3) is 0 Å². The van der Waals surface area contributed by atoms with Crippen molar-refractivity contribution >= 4 is 23.7 Å². The SMILES string of the molecule is O=C(COC(=O)c1ccc2c(c1)C(=O)N(Cc1ccccc1)C2=O)NCCc1ccc(F)cc1. The van der Waals surface area contributed by atoms with E-state index in [0.29, 0.717) is 13.0 Å². The quantitative estimate of drug-likeness (QED) is 0.412. The maximum atomic E-state index is 12.9. The molecule has 3 amide bonds. The van der Waals surface area contributed by atoms with Gasteiger partial charge in [0, 0.05) is 6.54 Å². The number of ether oxygens (including phenoxy) is 1. The lowest BCUT2D eigenvalue weighted by atomic mass is 10.1. The molecular formula is C26H21FN2O5. The molecule has 0 unspecified atom stereocenters. The number of esters is 1. The number of rotatable bonds is 8. The van der Waals surface area contributed by atoms with E-state index in [1.54, 1.807) is 12.1 Å². The molecule has 172 valence electrons. The van der Waals surface area contributed by atoms with Crippen molar-refractivity contribution in [2.45, 2.75) is 13.0 Å². The molecule has 0 fully saturated rings. The fraction of sp³-hybridized carbons (Fsp3) is 0.154. The summed E-state index contributed by atoms with van der Waals surface area (Å²) in [6.45, 7) is -0.0634. The zero-order valence-corrected chi connectivity index (χ0v) is 18.1. The lowest BCUT2D eigenvalue weighted by molar-refractivity contribution is -0.124. The van der Waals surface area contributed by atoms with Gasteiger partial charge in [0.05, 0.1) is 23.2 Å². The number of imide groups is 1. The molecule has 3 aromatic carbocycles. The molecule has 1 N–H and O–H groups in total. The van der Waals surface area contributed by atoms with Crippen LogP contribution in [0.15, 0.2) is 72.8 Å². The van der Waals surface area contributed by atoms with Crippen LogP contribution in [-0.4, -0.2) is 41.7 Å². The number of carbonyl (C=O) groups excluding carboxylic acids is 4. The predicted octanol–water partition coefficient (Wildman–Crippen LogP) is 3.14. The number of carbonyl (C=O) groups is 4. The zero-order chi connectivity index (χ0) is 24.1. The summed E-state index contributed by atoms with van der Waals surface area (Å²) < 4.78 is 18.0. The largest absolute Gasteiger partial charge is 0.452 e. The highest BCUT2D eigenvalue weighted by Crippen LogP contribution is 2.26. The lowest BCUT2D eigenvalue weighted by Gasteiger charge is -2.13. The van der Waals surface area contributed by atoms with Crippen LogP contribution in [0.3, 0.4) is 0 Å². The van der Waals surface area contributed by atoms with Gasteiger partial charge in [0.15, 0.2) is 6.61 Å². The number of amides is 3. The average molecular weight is 460 g/mol. The second-order valence-electron chi connectivity index (χ2n) is 7.74. The number of hydrogen-bond donors (Lipinski definition) is 1. The average Bonchev–Trinajstić information content (AvgIpc) is 3.08. The van der Waals surface area contributed by atoms with Crippen LogP contribution in [0.2, 0.25) is 0 Å². The van der Waals surface area contributed by atoms with Crippen LogP contribution in [0, 0.1) is 5.82 Å². The fourth-order valence-corrected chi connectivity index (χ4v) is 3.59. The second kappa shape index (κ2) is 10.1. The van der Waals surface area contributed by atoms with Crippen LogP contribution < -0.4 is 5.32 Å². The molecule has 0 saturated carbocycles. The standard InChI is InChI=1S/C26H21FN2O5/c27-20-9-6-17(7-10-20)12-13-28-23(30)16-34-26(33)19-8-11-21-22(14-19)25(32)29(24(21)31)15-18-4-2-1-3-5-18/h1-11,14H,12-13,15-16H2,(H,28,30). The van der Waals surface area contributed by atoms with Crippen molar-refractivity contribution in [2.24, 2.45) is 0 Å². The molecule has 0 aromatic heterocycles. The molecule has 0 bridgehead atoms. The van der Waals surface area contributed by atoms with E-state index in [2.05, 4.69) is 5.32 Å². The van der Waals surface area contributed by atoms with Crippen molar-refractivity contribution in [1.29, 1.82) is 0 Å². The van der Waals surface area contributed by atoms with Gasteiger partial charge in [-0.2, -0.15) is 0 Å². The first-order chi connectivity index (χ1) is 16.4. The minimum absolute atomic E-state index is 0.0700. The van der Waals surface area contributed by atoms with Gasteiger partial charge in [0.1, 0.15) is 5.82 Å². The Kier molecular flexibility index (Phi) is 6.77. The Labute approximate surface area is 195 Å². The number of nitrogens with zero attached hydrogens (tertiary/aromatic N) is 1. The van der Waals surface area contributed by atoms with Crippen molar-refractivity contribution in [3.05, 3.63) is 106 Å². The Morgan fingerprint density at radius 2 is 1.56 bits per heavy atom. The van der Waals surface area contributed by atoms with E-state index in [1.165, 1.54) is 30.3 Å². The molecule has 0 atom stereocenters. The summed E-state index contributed by atoms with van der Waals surface area (Å²) in [4.78, 5) is 50.9. The van der Waals surface area contributed by atoms with Crippen molar-refractivity contribution in [2.75, 3.05) is 13.2 Å². The van der Waals surface area contributed by atoms with Gasteiger partial charge in [-0.3, -0.25) is 19.3 Å². The van der Waals surface area contributed by atoms with Crippen LogP contribution in [-0.2, 0) is 22.5 Å². The molecule has 4 rings (SSSR count). The highest BCUT2D eigenvalue weighted by Gasteiger charge is 2.36. The van der Waals surface area contributed by atoms with E-state index in [0.717, 1.165) is 16.0 Å². The van der Waals surface area contributed by atoms with E-state index in [9.17, 15) is 23.6 Å². The summed E-state index contributed by atoms with van der Waals surface area (Å²) in [7, 11) is 0. The molecule has 0 spiro atoms. The first-order valence-electron chi connectivity index (χ1n) is 10.6. The third kappa shape index (κ3) is 5.17. The van der Waals surface area contributed by atoms with Gasteiger partial charge in [-0.1, -0.05) is 42.5 Å². The summed E-state index contributed by atoms with van der Waals surface area (Å²) in [5.41, 5.74) is 2.08. The Morgan fingerprint density at radius 3 is 2.29 bits per heavy atom. The fourth-order valence-electron chi connectivity index (χ4n) is 3.59. The van der Waals surface area contributed by atoms with Crippen LogP contribution >= 0.6 is 0 Å². The highest BCUT2D eigenvalue weighted by molar-refractivity contribution is 6.21. The van der Waals surface area contributed by atoms with Crippen LogP contribution in [0.1, 0.15) is 42.2 Å². The van der Waals surface area contributed by atoms with Crippen molar-refractivity contribution in [1.82, 2.24) is 10.2 Å². The van der Waals surface area contributed by atoms with Gasteiger partial charge >= 0.3 is 5.97 Å². The molecule has 1 aliphatic heterocycles. The third-order valence-corrected chi connectivity index (χ3v) is 5.37. The Morgan fingerprint density at radius 1 is 0.853 bits per heavy atom. The number of halogens is 1. The first kappa shape index (κ1) is 22.8. The topological polar surface area (TPSA) is 92.8 Å². The normalized spacial score (nSPS) is 12.4. The third-order valence-electron chi connectivity index (χ3n) is 5.37. The molecule has 3 aromatic rings. The molecule has 8 heteroatoms. The molecule has 34 heavy (non-hydrogen) atoms. The molecule has 0 saturated heterocycles. The number of hydrogen-bond acceptors (Lipinski definition) is 5. The van der Waals surface area contributed by atoms with Crippen LogP contribution in [0.4, 0.5) is 4.39 Å². The summed E-state index contributed by atoms with van der Waals surface area (Å²) in [5, 5.41) is 2.62. The van der Waals surface area contributed by atoms with E-state index in [1.807, 2.05) is 30.3 Å². The highest BCUT2D eigenvalue weighted by atomic mass is 19.1. The van der Waals surface area contributed by atoms with Gasteiger partial charge in [-0.25, -0.2) is 9.18 Å². The van der Waals surface area contributed by atoms with Crippen molar-refractivity contribution < 1.29 is 28.3 Å². The van der Waals surface area contributed by atoms with Gasteiger partial charge in [0.25, 0.3) is 17.7 Å².